The average molecular weight is 370 g/mol. The number of aromatic amines is 1. The van der Waals surface area contributed by atoms with Crippen LogP contribution in [0.5, 0.6) is 5.75 Å². The molecule has 4 nitrogen and oxygen atoms in total. The Bertz CT molecular complexity index is 1080. The molecule has 1 amide bonds. The number of carbonyl (C=O) groups excluding carboxylic acids is 1. The van der Waals surface area contributed by atoms with Gasteiger partial charge in [-0.2, -0.15) is 0 Å². The molecule has 0 atom stereocenters. The molecule has 0 bridgehead atoms. The quantitative estimate of drug-likeness (QED) is 0.488. The number of aromatic nitrogens is 1. The maximum Gasteiger partial charge on any atom is 0.228 e. The van der Waals surface area contributed by atoms with E-state index < -0.39 is 0 Å². The summed E-state index contributed by atoms with van der Waals surface area (Å²) in [5, 5.41) is 4.06. The summed E-state index contributed by atoms with van der Waals surface area (Å²) >= 11 is 0. The lowest BCUT2D eigenvalue weighted by molar-refractivity contribution is -0.115. The lowest BCUT2D eigenvalue weighted by Crippen LogP contribution is -2.14. The Balaban J connectivity index is 1.37. The second kappa shape index (κ2) is 8.01. The Hall–Kier alpha value is -3.53. The number of fused-ring (bicyclic) bond motifs is 1. The molecule has 2 N–H and O–H groups in total. The molecular formula is C24H22N2O2. The third kappa shape index (κ3) is 4.07. The molecule has 0 aliphatic heterocycles. The fraction of sp³-hybridized carbons (Fsp3) is 0.125. The average Bonchev–Trinajstić information content (AvgIpc) is 3.03. The third-order valence-electron chi connectivity index (χ3n) is 4.75. The molecule has 0 spiro atoms. The maximum atomic E-state index is 12.5. The summed E-state index contributed by atoms with van der Waals surface area (Å²) in [7, 11) is 0. The van der Waals surface area contributed by atoms with Crippen LogP contribution in [-0.2, 0) is 17.8 Å². The van der Waals surface area contributed by atoms with Crippen molar-refractivity contribution in [2.45, 2.75) is 20.0 Å². The first-order chi connectivity index (χ1) is 13.7. The van der Waals surface area contributed by atoms with Crippen LogP contribution in [0, 0.1) is 6.92 Å². The van der Waals surface area contributed by atoms with E-state index >= 15 is 0 Å². The lowest BCUT2D eigenvalue weighted by atomic mass is 10.1. The van der Waals surface area contributed by atoms with Gasteiger partial charge in [-0.1, -0.05) is 48.5 Å². The number of hydrogen-bond acceptors (Lipinski definition) is 2. The van der Waals surface area contributed by atoms with Crippen molar-refractivity contribution in [2.24, 2.45) is 0 Å². The molecule has 0 unspecified atom stereocenters. The van der Waals surface area contributed by atoms with E-state index in [-0.39, 0.29) is 5.91 Å². The number of aryl methyl sites for hydroxylation is 1. The molecule has 1 heterocycles. The number of benzene rings is 3. The fourth-order valence-electron chi connectivity index (χ4n) is 3.30. The number of rotatable bonds is 6. The first-order valence-electron chi connectivity index (χ1n) is 9.32. The minimum Gasteiger partial charge on any atom is -0.489 e. The lowest BCUT2D eigenvalue weighted by Gasteiger charge is -2.09. The molecule has 0 fully saturated rings. The van der Waals surface area contributed by atoms with Gasteiger partial charge in [0.2, 0.25) is 5.91 Å². The van der Waals surface area contributed by atoms with Gasteiger partial charge in [-0.25, -0.2) is 0 Å². The van der Waals surface area contributed by atoms with Gasteiger partial charge in [0.25, 0.3) is 0 Å². The molecule has 3 aromatic carbocycles. The standard InChI is InChI=1S/C24H22N2O2/c1-17-22(21-9-5-6-10-23(21)25-17)15-24(27)26-19-11-13-20(14-12-19)28-16-18-7-3-2-4-8-18/h2-14,25H,15-16H2,1H3,(H,26,27). The van der Waals surface area contributed by atoms with E-state index in [1.807, 2.05) is 85.8 Å². The Morgan fingerprint density at radius 2 is 1.64 bits per heavy atom. The summed E-state index contributed by atoms with van der Waals surface area (Å²) in [6.45, 7) is 2.52. The molecule has 1 aromatic heterocycles. The SMILES string of the molecule is Cc1[nH]c2ccccc2c1CC(=O)Nc1ccc(OCc2ccccc2)cc1. The first kappa shape index (κ1) is 17.9. The Kier molecular flexibility index (Phi) is 5.11. The van der Waals surface area contributed by atoms with Crippen molar-refractivity contribution in [1.29, 1.82) is 0 Å². The van der Waals surface area contributed by atoms with E-state index in [4.69, 9.17) is 4.74 Å². The highest BCUT2D eigenvalue weighted by atomic mass is 16.5. The number of amides is 1. The van der Waals surface area contributed by atoms with Gasteiger partial charge in [-0.05, 0) is 48.4 Å². The van der Waals surface area contributed by atoms with E-state index in [0.717, 1.165) is 39.2 Å². The van der Waals surface area contributed by atoms with Crippen LogP contribution >= 0.6 is 0 Å². The zero-order valence-electron chi connectivity index (χ0n) is 15.7. The number of carbonyl (C=O) groups is 1. The second-order valence-corrected chi connectivity index (χ2v) is 6.80. The monoisotopic (exact) mass is 370 g/mol. The van der Waals surface area contributed by atoms with Crippen LogP contribution in [0.15, 0.2) is 78.9 Å². The highest BCUT2D eigenvalue weighted by molar-refractivity contribution is 5.96. The van der Waals surface area contributed by atoms with Crippen molar-refractivity contribution in [1.82, 2.24) is 4.98 Å². The maximum absolute atomic E-state index is 12.5. The van der Waals surface area contributed by atoms with Gasteiger partial charge in [0.05, 0.1) is 6.42 Å². The summed E-state index contributed by atoms with van der Waals surface area (Å²) < 4.78 is 5.78. The van der Waals surface area contributed by atoms with Crippen LogP contribution in [-0.4, -0.2) is 10.9 Å². The summed E-state index contributed by atoms with van der Waals surface area (Å²) in [4.78, 5) is 15.8. The Morgan fingerprint density at radius 3 is 2.43 bits per heavy atom. The molecule has 0 saturated carbocycles. The highest BCUT2D eigenvalue weighted by Crippen LogP contribution is 2.23. The molecule has 4 aromatic rings. The largest absolute Gasteiger partial charge is 0.489 e. The van der Waals surface area contributed by atoms with Crippen molar-refractivity contribution < 1.29 is 9.53 Å². The number of H-pyrrole nitrogens is 1. The number of nitrogens with one attached hydrogen (secondary N) is 2. The first-order valence-corrected chi connectivity index (χ1v) is 9.32. The molecule has 4 rings (SSSR count). The Morgan fingerprint density at radius 1 is 0.929 bits per heavy atom. The topological polar surface area (TPSA) is 54.1 Å². The normalized spacial score (nSPS) is 10.8. The minimum atomic E-state index is -0.0363. The van der Waals surface area contributed by atoms with Crippen LogP contribution in [0.25, 0.3) is 10.9 Å². The van der Waals surface area contributed by atoms with Crippen LogP contribution in [0.4, 0.5) is 5.69 Å². The number of hydrogen-bond donors (Lipinski definition) is 2. The van der Waals surface area contributed by atoms with Crippen LogP contribution in [0.1, 0.15) is 16.8 Å². The molecule has 4 heteroatoms. The fourth-order valence-corrected chi connectivity index (χ4v) is 3.30. The highest BCUT2D eigenvalue weighted by Gasteiger charge is 2.12. The van der Waals surface area contributed by atoms with Gasteiger partial charge in [0.1, 0.15) is 12.4 Å². The van der Waals surface area contributed by atoms with E-state index in [2.05, 4.69) is 10.3 Å². The van der Waals surface area contributed by atoms with E-state index in [0.29, 0.717) is 13.0 Å². The second-order valence-electron chi connectivity index (χ2n) is 6.80. The van der Waals surface area contributed by atoms with Gasteiger partial charge in [0.15, 0.2) is 0 Å². The van der Waals surface area contributed by atoms with E-state index in [1.165, 1.54) is 0 Å². The van der Waals surface area contributed by atoms with Gasteiger partial charge in [-0.15, -0.1) is 0 Å². The Labute approximate surface area is 164 Å². The van der Waals surface area contributed by atoms with Crippen LogP contribution in [0.2, 0.25) is 0 Å². The van der Waals surface area contributed by atoms with Crippen molar-refractivity contribution in [3.63, 3.8) is 0 Å². The smallest absolute Gasteiger partial charge is 0.228 e. The van der Waals surface area contributed by atoms with Crippen molar-refractivity contribution >= 4 is 22.5 Å². The van der Waals surface area contributed by atoms with Gasteiger partial charge in [0, 0.05) is 22.3 Å². The molecule has 28 heavy (non-hydrogen) atoms. The van der Waals surface area contributed by atoms with Crippen molar-refractivity contribution in [3.05, 3.63) is 95.7 Å². The summed E-state index contributed by atoms with van der Waals surface area (Å²) in [5.41, 5.74) is 5.00. The van der Waals surface area contributed by atoms with E-state index in [1.54, 1.807) is 0 Å². The third-order valence-corrected chi connectivity index (χ3v) is 4.75. The predicted octanol–water partition coefficient (Wildman–Crippen LogP) is 5.24. The summed E-state index contributed by atoms with van der Waals surface area (Å²) in [6.07, 6.45) is 0.335. The minimum absolute atomic E-state index is 0.0363. The molecule has 0 aliphatic rings. The predicted molar refractivity (Wildman–Crippen MR) is 113 cm³/mol. The van der Waals surface area contributed by atoms with Crippen LogP contribution in [0.3, 0.4) is 0 Å². The van der Waals surface area contributed by atoms with Gasteiger partial charge in [-0.3, -0.25) is 4.79 Å². The molecule has 0 aliphatic carbocycles. The molecule has 140 valence electrons. The van der Waals surface area contributed by atoms with Gasteiger partial charge < -0.3 is 15.0 Å². The molecular weight excluding hydrogens is 348 g/mol. The van der Waals surface area contributed by atoms with Gasteiger partial charge >= 0.3 is 0 Å². The zero-order chi connectivity index (χ0) is 19.3. The zero-order valence-corrected chi connectivity index (χ0v) is 15.7. The van der Waals surface area contributed by atoms with Crippen molar-refractivity contribution in [3.8, 4) is 5.75 Å². The number of anilines is 1. The number of ether oxygens (including phenoxy) is 1. The summed E-state index contributed by atoms with van der Waals surface area (Å²) in [5.74, 6) is 0.736. The van der Waals surface area contributed by atoms with Crippen LogP contribution < -0.4 is 10.1 Å². The molecule has 0 radical (unpaired) electrons. The van der Waals surface area contributed by atoms with Crippen molar-refractivity contribution in [2.75, 3.05) is 5.32 Å². The number of para-hydroxylation sites is 1. The van der Waals surface area contributed by atoms with E-state index in [9.17, 15) is 4.79 Å². The molecule has 0 saturated heterocycles. The summed E-state index contributed by atoms with van der Waals surface area (Å²) in [6, 6.07) is 25.5.